The maximum atomic E-state index is 12.8. The van der Waals surface area contributed by atoms with Gasteiger partial charge >= 0.3 is 6.03 Å². The van der Waals surface area contributed by atoms with Gasteiger partial charge in [0.1, 0.15) is 0 Å². The van der Waals surface area contributed by atoms with Crippen LogP contribution in [0, 0.1) is 6.92 Å². The van der Waals surface area contributed by atoms with Crippen LogP contribution < -0.4 is 24.4 Å². The molecule has 164 valence electrons. The van der Waals surface area contributed by atoms with Crippen LogP contribution in [0.25, 0.3) is 11.0 Å². The highest BCUT2D eigenvalue weighted by atomic mass is 16.5. The van der Waals surface area contributed by atoms with Crippen molar-refractivity contribution in [3.05, 3.63) is 35.9 Å². The summed E-state index contributed by atoms with van der Waals surface area (Å²) >= 11 is 0. The van der Waals surface area contributed by atoms with Crippen molar-refractivity contribution >= 4 is 28.7 Å². The van der Waals surface area contributed by atoms with Crippen molar-refractivity contribution in [2.24, 2.45) is 0 Å². The van der Waals surface area contributed by atoms with E-state index in [0.717, 1.165) is 17.0 Å². The molecule has 9 nitrogen and oxygen atoms in total. The van der Waals surface area contributed by atoms with Crippen molar-refractivity contribution in [2.45, 2.75) is 6.92 Å². The van der Waals surface area contributed by atoms with Gasteiger partial charge in [0.15, 0.2) is 11.5 Å². The average molecular weight is 425 g/mol. The zero-order chi connectivity index (χ0) is 22.0. The van der Waals surface area contributed by atoms with Crippen molar-refractivity contribution in [3.63, 3.8) is 0 Å². The molecule has 2 N–H and O–H groups in total. The Balaban J connectivity index is 1.41. The molecule has 0 bridgehead atoms. The van der Waals surface area contributed by atoms with Crippen molar-refractivity contribution in [2.75, 3.05) is 57.7 Å². The highest BCUT2D eigenvalue weighted by Gasteiger charge is 2.24. The number of benzene rings is 2. The van der Waals surface area contributed by atoms with Crippen LogP contribution in [-0.2, 0) is 0 Å². The summed E-state index contributed by atoms with van der Waals surface area (Å²) in [4.78, 5) is 24.8. The third-order valence-electron chi connectivity index (χ3n) is 5.41. The van der Waals surface area contributed by atoms with Crippen molar-refractivity contribution in [1.82, 2.24) is 14.9 Å². The van der Waals surface area contributed by atoms with Gasteiger partial charge in [-0.3, -0.25) is 0 Å². The number of carbonyl (C=O) groups is 1. The number of piperazine rings is 1. The summed E-state index contributed by atoms with van der Waals surface area (Å²) in [6.45, 7) is 4.63. The first-order valence-corrected chi connectivity index (χ1v) is 10.1. The van der Waals surface area contributed by atoms with Gasteiger partial charge in [0.25, 0.3) is 0 Å². The number of fused-ring (bicyclic) bond motifs is 1. The number of carbonyl (C=O) groups excluding carboxylic acids is 1. The van der Waals surface area contributed by atoms with E-state index >= 15 is 0 Å². The number of amides is 2. The number of urea groups is 1. The summed E-state index contributed by atoms with van der Waals surface area (Å²) in [5, 5.41) is 2.92. The Morgan fingerprint density at radius 3 is 2.29 bits per heavy atom. The molecule has 1 fully saturated rings. The number of nitrogens with one attached hydrogen (secondary N) is 2. The summed E-state index contributed by atoms with van der Waals surface area (Å²) in [5.74, 6) is 2.30. The monoisotopic (exact) mass is 425 g/mol. The molecular formula is C22H27N5O4. The number of methoxy groups -OCH3 is 3. The second-order valence-electron chi connectivity index (χ2n) is 7.40. The molecule has 9 heteroatoms. The lowest BCUT2D eigenvalue weighted by Crippen LogP contribution is -2.50. The van der Waals surface area contributed by atoms with Crippen molar-refractivity contribution in [3.8, 4) is 17.2 Å². The Morgan fingerprint density at radius 2 is 1.68 bits per heavy atom. The van der Waals surface area contributed by atoms with Gasteiger partial charge in [-0.2, -0.15) is 0 Å². The lowest BCUT2D eigenvalue weighted by atomic mass is 10.2. The molecule has 0 atom stereocenters. The number of H-pyrrole nitrogens is 1. The molecule has 4 rings (SSSR count). The normalized spacial score (nSPS) is 13.9. The fourth-order valence-corrected chi connectivity index (χ4v) is 3.74. The first-order valence-electron chi connectivity index (χ1n) is 10.1. The molecule has 2 heterocycles. The number of hydrogen-bond donors (Lipinski definition) is 2. The fraction of sp³-hybridized carbons (Fsp3) is 0.364. The SMILES string of the molecule is COc1cc(NC(=O)N2CCN(c3nc4ccc(C)cc4[nH]3)CC2)cc(OC)c1OC. The molecule has 0 unspecified atom stereocenters. The van der Waals surface area contributed by atoms with Gasteiger partial charge < -0.3 is 34.3 Å². The number of rotatable bonds is 5. The standard InChI is InChI=1S/C22H27N5O4/c1-14-5-6-16-17(11-14)25-21(24-16)26-7-9-27(10-8-26)22(28)23-15-12-18(29-2)20(31-4)19(13-15)30-3/h5-6,11-13H,7-10H2,1-4H3,(H,23,28)(H,24,25). The van der Waals surface area contributed by atoms with Crippen molar-refractivity contribution < 1.29 is 19.0 Å². The Hall–Kier alpha value is -3.62. The molecule has 1 aromatic heterocycles. The van der Waals surface area contributed by atoms with Crippen LogP contribution in [0.4, 0.5) is 16.4 Å². The third kappa shape index (κ3) is 4.16. The van der Waals surface area contributed by atoms with E-state index in [4.69, 9.17) is 14.2 Å². The molecule has 2 amide bonds. The van der Waals surface area contributed by atoms with Crippen molar-refractivity contribution in [1.29, 1.82) is 0 Å². The zero-order valence-electron chi connectivity index (χ0n) is 18.2. The second-order valence-corrected chi connectivity index (χ2v) is 7.40. The van der Waals surface area contributed by atoms with E-state index < -0.39 is 0 Å². The molecule has 0 saturated carbocycles. The summed E-state index contributed by atoms with van der Waals surface area (Å²) < 4.78 is 16.0. The minimum Gasteiger partial charge on any atom is -0.493 e. The van der Waals surface area contributed by atoms with Crippen LogP contribution in [-0.4, -0.2) is 68.4 Å². The summed E-state index contributed by atoms with van der Waals surface area (Å²) in [6, 6.07) is 9.42. The van der Waals surface area contributed by atoms with E-state index in [0.29, 0.717) is 49.1 Å². The third-order valence-corrected chi connectivity index (χ3v) is 5.41. The van der Waals surface area contributed by atoms with E-state index in [1.807, 2.05) is 6.07 Å². The van der Waals surface area contributed by atoms with E-state index in [9.17, 15) is 4.79 Å². The highest BCUT2D eigenvalue weighted by Crippen LogP contribution is 2.40. The summed E-state index contributed by atoms with van der Waals surface area (Å²) in [7, 11) is 4.63. The summed E-state index contributed by atoms with van der Waals surface area (Å²) in [5.41, 5.74) is 3.74. The molecule has 0 aliphatic carbocycles. The second kappa shape index (κ2) is 8.63. The van der Waals surface area contributed by atoms with Crippen LogP contribution >= 0.6 is 0 Å². The summed E-state index contributed by atoms with van der Waals surface area (Å²) in [6.07, 6.45) is 0. The molecule has 0 radical (unpaired) electrons. The predicted octanol–water partition coefficient (Wildman–Crippen LogP) is 3.25. The molecule has 31 heavy (non-hydrogen) atoms. The maximum absolute atomic E-state index is 12.8. The van der Waals surface area contributed by atoms with Gasteiger partial charge in [0, 0.05) is 38.3 Å². The molecule has 3 aromatic rings. The van der Waals surface area contributed by atoms with Crippen LogP contribution in [0.2, 0.25) is 0 Å². The Bertz CT molecular complexity index is 1060. The van der Waals surface area contributed by atoms with Gasteiger partial charge in [-0.25, -0.2) is 9.78 Å². The van der Waals surface area contributed by atoms with Crippen LogP contribution in [0.5, 0.6) is 17.2 Å². The zero-order valence-corrected chi connectivity index (χ0v) is 18.2. The number of ether oxygens (including phenoxy) is 3. The maximum Gasteiger partial charge on any atom is 0.321 e. The molecule has 1 saturated heterocycles. The number of anilines is 2. The Morgan fingerprint density at radius 1 is 1.00 bits per heavy atom. The van der Waals surface area contributed by atoms with E-state index in [-0.39, 0.29) is 6.03 Å². The molecule has 2 aromatic carbocycles. The molecular weight excluding hydrogens is 398 g/mol. The van der Waals surface area contributed by atoms with Crippen LogP contribution in [0.3, 0.4) is 0 Å². The van der Waals surface area contributed by atoms with Gasteiger partial charge in [0.2, 0.25) is 11.7 Å². The largest absolute Gasteiger partial charge is 0.493 e. The quantitative estimate of drug-likeness (QED) is 0.652. The minimum atomic E-state index is -0.172. The van der Waals surface area contributed by atoms with Crippen LogP contribution in [0.1, 0.15) is 5.56 Å². The van der Waals surface area contributed by atoms with Gasteiger partial charge in [0.05, 0.1) is 38.1 Å². The first kappa shape index (κ1) is 20.6. The number of aromatic amines is 1. The number of hydrogen-bond acceptors (Lipinski definition) is 6. The van der Waals surface area contributed by atoms with E-state index in [1.54, 1.807) is 38.4 Å². The fourth-order valence-electron chi connectivity index (χ4n) is 3.74. The lowest BCUT2D eigenvalue weighted by Gasteiger charge is -2.34. The number of imidazole rings is 1. The Labute approximate surface area is 180 Å². The number of aromatic nitrogens is 2. The minimum absolute atomic E-state index is 0.172. The molecule has 1 aliphatic heterocycles. The van der Waals surface area contributed by atoms with Gasteiger partial charge in [-0.15, -0.1) is 0 Å². The topological polar surface area (TPSA) is 92.0 Å². The smallest absolute Gasteiger partial charge is 0.321 e. The lowest BCUT2D eigenvalue weighted by molar-refractivity contribution is 0.208. The van der Waals surface area contributed by atoms with E-state index in [1.165, 1.54) is 5.56 Å². The highest BCUT2D eigenvalue weighted by molar-refractivity contribution is 5.90. The van der Waals surface area contributed by atoms with Gasteiger partial charge in [-0.05, 0) is 24.6 Å². The first-order chi connectivity index (χ1) is 15.0. The predicted molar refractivity (Wildman–Crippen MR) is 120 cm³/mol. The average Bonchev–Trinajstić information content (AvgIpc) is 3.21. The number of nitrogens with zero attached hydrogens (tertiary/aromatic N) is 3. The molecule has 0 spiro atoms. The van der Waals surface area contributed by atoms with Gasteiger partial charge in [-0.1, -0.05) is 6.07 Å². The van der Waals surface area contributed by atoms with Crippen LogP contribution in [0.15, 0.2) is 30.3 Å². The van der Waals surface area contributed by atoms with E-state index in [2.05, 4.69) is 39.2 Å². The number of aryl methyl sites for hydroxylation is 1. The molecule has 1 aliphatic rings. The Kier molecular flexibility index (Phi) is 5.75.